The van der Waals surface area contributed by atoms with E-state index in [-0.39, 0.29) is 17.4 Å². The van der Waals surface area contributed by atoms with Gasteiger partial charge in [-0.15, -0.1) is 0 Å². The molecule has 0 spiro atoms. The van der Waals surface area contributed by atoms with E-state index in [2.05, 4.69) is 5.10 Å². The Balaban J connectivity index is 2.67. The number of aromatic nitrogens is 2. The molecule has 2 rings (SSSR count). The number of aromatic carboxylic acids is 1. The van der Waals surface area contributed by atoms with Crippen molar-refractivity contribution in [2.24, 2.45) is 0 Å². The zero-order valence-electron chi connectivity index (χ0n) is 11.4. The molecule has 0 aliphatic heterocycles. The molecule has 2 aromatic rings. The molecule has 1 heterocycles. The molecule has 0 fully saturated rings. The lowest BCUT2D eigenvalue weighted by atomic mass is 10.1. The quantitative estimate of drug-likeness (QED) is 0.939. The van der Waals surface area contributed by atoms with Crippen molar-refractivity contribution < 1.29 is 14.6 Å². The number of ether oxygens (including phenoxy) is 1. The number of carbonyl (C=O) groups is 1. The highest BCUT2D eigenvalue weighted by Gasteiger charge is 2.26. The second kappa shape index (κ2) is 5.54. The molecule has 1 aromatic heterocycles. The highest BCUT2D eigenvalue weighted by atomic mass is 35.5. The van der Waals surface area contributed by atoms with Crippen molar-refractivity contribution in [1.82, 2.24) is 9.78 Å². The van der Waals surface area contributed by atoms with Gasteiger partial charge in [-0.3, -0.25) is 0 Å². The van der Waals surface area contributed by atoms with Gasteiger partial charge in [0.1, 0.15) is 5.56 Å². The van der Waals surface area contributed by atoms with Crippen molar-refractivity contribution in [3.8, 4) is 11.6 Å². The van der Waals surface area contributed by atoms with Crippen LogP contribution in [0, 0.1) is 0 Å². The van der Waals surface area contributed by atoms with E-state index in [9.17, 15) is 9.90 Å². The van der Waals surface area contributed by atoms with Crippen molar-refractivity contribution in [3.63, 3.8) is 0 Å². The van der Waals surface area contributed by atoms with Crippen molar-refractivity contribution >= 4 is 17.6 Å². The molecule has 5 nitrogen and oxygen atoms in total. The molecule has 0 unspecified atom stereocenters. The highest BCUT2D eigenvalue weighted by Crippen LogP contribution is 2.30. The minimum absolute atomic E-state index is 0.0245. The van der Waals surface area contributed by atoms with Crippen LogP contribution in [-0.2, 0) is 0 Å². The van der Waals surface area contributed by atoms with Crippen LogP contribution in [0.2, 0.25) is 5.02 Å². The van der Waals surface area contributed by atoms with E-state index in [1.54, 1.807) is 24.3 Å². The van der Waals surface area contributed by atoms with Crippen LogP contribution in [-0.4, -0.2) is 28.0 Å². The molecular formula is C14H15ClN2O3. The van der Waals surface area contributed by atoms with Crippen molar-refractivity contribution in [3.05, 3.63) is 40.5 Å². The van der Waals surface area contributed by atoms with E-state index in [1.807, 2.05) is 13.8 Å². The molecule has 0 aliphatic rings. The summed E-state index contributed by atoms with van der Waals surface area (Å²) in [5.74, 6) is -0.863. The molecule has 0 aliphatic carbocycles. The van der Waals surface area contributed by atoms with Crippen LogP contribution >= 0.6 is 11.6 Å². The Labute approximate surface area is 121 Å². The third kappa shape index (κ3) is 2.49. The number of hydrogen-bond donors (Lipinski definition) is 1. The van der Waals surface area contributed by atoms with E-state index in [0.717, 1.165) is 0 Å². The predicted octanol–water partition coefficient (Wildman–Crippen LogP) is 3.36. The first-order valence-corrected chi connectivity index (χ1v) is 6.49. The summed E-state index contributed by atoms with van der Waals surface area (Å²) >= 11 is 5.86. The van der Waals surface area contributed by atoms with Crippen molar-refractivity contribution in [2.75, 3.05) is 7.11 Å². The molecule has 0 atom stereocenters. The number of benzene rings is 1. The first-order valence-electron chi connectivity index (χ1n) is 6.11. The Morgan fingerprint density at radius 2 is 1.95 bits per heavy atom. The highest BCUT2D eigenvalue weighted by molar-refractivity contribution is 6.30. The summed E-state index contributed by atoms with van der Waals surface area (Å²) in [6.45, 7) is 3.78. The summed E-state index contributed by atoms with van der Waals surface area (Å²) in [6.07, 6.45) is 0. The van der Waals surface area contributed by atoms with Gasteiger partial charge in [-0.05, 0) is 30.2 Å². The molecule has 0 saturated heterocycles. The van der Waals surface area contributed by atoms with E-state index in [0.29, 0.717) is 16.4 Å². The van der Waals surface area contributed by atoms with Gasteiger partial charge in [-0.1, -0.05) is 25.4 Å². The monoisotopic (exact) mass is 294 g/mol. The minimum Gasteiger partial charge on any atom is -0.480 e. The minimum atomic E-state index is -1.05. The van der Waals surface area contributed by atoms with Gasteiger partial charge in [0.15, 0.2) is 0 Å². The number of rotatable bonds is 4. The van der Waals surface area contributed by atoms with Gasteiger partial charge in [0.2, 0.25) is 5.88 Å². The van der Waals surface area contributed by atoms with Gasteiger partial charge in [-0.25, -0.2) is 9.48 Å². The lowest BCUT2D eigenvalue weighted by molar-refractivity contribution is 0.0691. The topological polar surface area (TPSA) is 64.3 Å². The van der Waals surface area contributed by atoms with Crippen molar-refractivity contribution in [1.29, 1.82) is 0 Å². The Kier molecular flexibility index (Phi) is 3.99. The molecule has 0 radical (unpaired) electrons. The van der Waals surface area contributed by atoms with Gasteiger partial charge in [0.05, 0.1) is 18.5 Å². The molecule has 0 saturated carbocycles. The van der Waals surface area contributed by atoms with Crippen molar-refractivity contribution in [2.45, 2.75) is 19.8 Å². The lowest BCUT2D eigenvalue weighted by Crippen LogP contribution is -2.04. The average Bonchev–Trinajstić information content (AvgIpc) is 2.79. The number of carboxylic acids is 1. The predicted molar refractivity (Wildman–Crippen MR) is 76.2 cm³/mol. The second-order valence-corrected chi connectivity index (χ2v) is 5.05. The van der Waals surface area contributed by atoms with Gasteiger partial charge < -0.3 is 9.84 Å². The maximum Gasteiger partial charge on any atom is 0.343 e. The van der Waals surface area contributed by atoms with E-state index >= 15 is 0 Å². The van der Waals surface area contributed by atoms with Gasteiger partial charge in [0.25, 0.3) is 0 Å². The molecular weight excluding hydrogens is 280 g/mol. The average molecular weight is 295 g/mol. The third-order valence-corrected chi connectivity index (χ3v) is 3.15. The van der Waals surface area contributed by atoms with Crippen LogP contribution in [0.3, 0.4) is 0 Å². The Morgan fingerprint density at radius 1 is 1.35 bits per heavy atom. The maximum absolute atomic E-state index is 11.5. The van der Waals surface area contributed by atoms with Gasteiger partial charge >= 0.3 is 5.97 Å². The van der Waals surface area contributed by atoms with E-state index in [4.69, 9.17) is 16.3 Å². The second-order valence-electron chi connectivity index (χ2n) is 4.62. The first kappa shape index (κ1) is 14.4. The molecule has 106 valence electrons. The summed E-state index contributed by atoms with van der Waals surface area (Å²) < 4.78 is 6.72. The smallest absolute Gasteiger partial charge is 0.343 e. The SMILES string of the molecule is COc1c(C(=O)O)c(C(C)C)nn1-c1ccc(Cl)cc1. The molecule has 0 amide bonds. The summed E-state index contributed by atoms with van der Waals surface area (Å²) in [5, 5.41) is 14.3. The number of hydrogen-bond acceptors (Lipinski definition) is 3. The zero-order valence-corrected chi connectivity index (χ0v) is 12.2. The van der Waals surface area contributed by atoms with E-state index in [1.165, 1.54) is 11.8 Å². The standard InChI is InChI=1S/C14H15ClN2O3/c1-8(2)12-11(14(18)19)13(20-3)17(16-12)10-6-4-9(15)5-7-10/h4-8H,1-3H3,(H,18,19). The molecule has 0 bridgehead atoms. The van der Waals surface area contributed by atoms with Gasteiger partial charge in [0, 0.05) is 5.02 Å². The van der Waals surface area contributed by atoms with Crippen LogP contribution in [0.5, 0.6) is 5.88 Å². The Morgan fingerprint density at radius 3 is 2.40 bits per heavy atom. The van der Waals surface area contributed by atoms with Crippen LogP contribution in [0.25, 0.3) is 5.69 Å². The third-order valence-electron chi connectivity index (χ3n) is 2.90. The van der Waals surface area contributed by atoms with Crippen LogP contribution < -0.4 is 4.74 Å². The number of nitrogens with zero attached hydrogens (tertiary/aromatic N) is 2. The van der Waals surface area contributed by atoms with Crippen LogP contribution in [0.4, 0.5) is 0 Å². The molecule has 1 N–H and O–H groups in total. The fourth-order valence-corrected chi connectivity index (χ4v) is 2.10. The summed E-state index contributed by atoms with van der Waals surface area (Å²) in [4.78, 5) is 11.5. The first-order chi connectivity index (χ1) is 9.45. The maximum atomic E-state index is 11.5. The Bertz CT molecular complexity index is 633. The van der Waals surface area contributed by atoms with E-state index < -0.39 is 5.97 Å². The molecule has 20 heavy (non-hydrogen) atoms. The number of halogens is 1. The number of methoxy groups -OCH3 is 1. The Hall–Kier alpha value is -2.01. The normalized spacial score (nSPS) is 10.8. The fraction of sp³-hybridized carbons (Fsp3) is 0.286. The fourth-order valence-electron chi connectivity index (χ4n) is 1.97. The molecule has 6 heteroatoms. The summed E-state index contributed by atoms with van der Waals surface area (Å²) in [5.41, 5.74) is 1.28. The van der Waals surface area contributed by atoms with Crippen LogP contribution in [0.15, 0.2) is 24.3 Å². The summed E-state index contributed by atoms with van der Waals surface area (Å²) in [6, 6.07) is 6.95. The lowest BCUT2D eigenvalue weighted by Gasteiger charge is -2.06. The van der Waals surface area contributed by atoms with Crippen LogP contribution in [0.1, 0.15) is 35.8 Å². The number of carboxylic acid groups (broad SMARTS) is 1. The molecule has 1 aromatic carbocycles. The van der Waals surface area contributed by atoms with Gasteiger partial charge in [-0.2, -0.15) is 5.10 Å². The zero-order chi connectivity index (χ0) is 14.9. The summed E-state index contributed by atoms with van der Waals surface area (Å²) in [7, 11) is 1.43. The largest absolute Gasteiger partial charge is 0.480 e.